The molecule has 3 aromatic rings. The van der Waals surface area contributed by atoms with Crippen molar-refractivity contribution < 1.29 is 9.18 Å². The van der Waals surface area contributed by atoms with Gasteiger partial charge in [0.25, 0.3) is 0 Å². The van der Waals surface area contributed by atoms with Crippen LogP contribution in [0.2, 0.25) is 0 Å². The van der Waals surface area contributed by atoms with E-state index in [1.165, 1.54) is 6.07 Å². The molecule has 0 atom stereocenters. The SMILES string of the molecule is Cc1ccc(NC(=O)CCNc2c(C)nc3cnccn23)c(F)c1. The van der Waals surface area contributed by atoms with Gasteiger partial charge in [-0.15, -0.1) is 0 Å². The molecule has 6 nitrogen and oxygen atoms in total. The van der Waals surface area contributed by atoms with Crippen LogP contribution in [0, 0.1) is 19.7 Å². The molecule has 0 spiro atoms. The molecule has 3 rings (SSSR count). The molecule has 0 aliphatic rings. The van der Waals surface area contributed by atoms with Crippen molar-refractivity contribution >= 4 is 23.1 Å². The predicted octanol–water partition coefficient (Wildman–Crippen LogP) is 2.93. The second-order valence-corrected chi connectivity index (χ2v) is 5.56. The van der Waals surface area contributed by atoms with Crippen molar-refractivity contribution in [2.24, 2.45) is 0 Å². The first-order chi connectivity index (χ1) is 11.5. The highest BCUT2D eigenvalue weighted by atomic mass is 19.1. The fraction of sp³-hybridized carbons (Fsp3) is 0.235. The van der Waals surface area contributed by atoms with Crippen molar-refractivity contribution in [1.82, 2.24) is 14.4 Å². The first-order valence-electron chi connectivity index (χ1n) is 7.63. The standard InChI is InChI=1S/C17H18FN5O/c1-11-3-4-14(13(18)9-11)22-16(24)5-6-20-17-12(2)21-15-10-19-7-8-23(15)17/h3-4,7-10,20H,5-6H2,1-2H3,(H,22,24). The van der Waals surface area contributed by atoms with Crippen LogP contribution in [0.15, 0.2) is 36.8 Å². The minimum absolute atomic E-state index is 0.197. The number of hydrogen-bond donors (Lipinski definition) is 2. The first kappa shape index (κ1) is 15.9. The van der Waals surface area contributed by atoms with Crippen molar-refractivity contribution in [3.05, 3.63) is 53.9 Å². The van der Waals surface area contributed by atoms with Gasteiger partial charge in [-0.25, -0.2) is 9.37 Å². The zero-order chi connectivity index (χ0) is 17.1. The number of carbonyl (C=O) groups is 1. The van der Waals surface area contributed by atoms with Gasteiger partial charge < -0.3 is 10.6 Å². The number of hydrogen-bond acceptors (Lipinski definition) is 4. The largest absolute Gasteiger partial charge is 0.369 e. The van der Waals surface area contributed by atoms with Crippen molar-refractivity contribution in [1.29, 1.82) is 0 Å². The van der Waals surface area contributed by atoms with Crippen LogP contribution in [0.3, 0.4) is 0 Å². The average molecular weight is 327 g/mol. The number of aryl methyl sites for hydroxylation is 2. The van der Waals surface area contributed by atoms with Gasteiger partial charge in [0.15, 0.2) is 5.65 Å². The number of halogens is 1. The first-order valence-corrected chi connectivity index (χ1v) is 7.63. The third-order valence-corrected chi connectivity index (χ3v) is 3.65. The summed E-state index contributed by atoms with van der Waals surface area (Å²) in [4.78, 5) is 20.4. The number of amides is 1. The summed E-state index contributed by atoms with van der Waals surface area (Å²) in [5.74, 6) is 0.140. The Morgan fingerprint density at radius 2 is 2.17 bits per heavy atom. The van der Waals surface area contributed by atoms with Crippen LogP contribution >= 0.6 is 0 Å². The zero-order valence-corrected chi connectivity index (χ0v) is 13.5. The second kappa shape index (κ2) is 6.66. The second-order valence-electron chi connectivity index (χ2n) is 5.56. The van der Waals surface area contributed by atoms with Crippen LogP contribution in [0.25, 0.3) is 5.65 Å². The Labute approximate surface area is 138 Å². The lowest BCUT2D eigenvalue weighted by molar-refractivity contribution is -0.116. The highest BCUT2D eigenvalue weighted by Gasteiger charge is 2.10. The highest BCUT2D eigenvalue weighted by Crippen LogP contribution is 2.17. The lowest BCUT2D eigenvalue weighted by Crippen LogP contribution is -2.17. The molecule has 0 radical (unpaired) electrons. The van der Waals surface area contributed by atoms with Gasteiger partial charge in [0.1, 0.15) is 11.6 Å². The lowest BCUT2D eigenvalue weighted by atomic mass is 10.2. The molecule has 24 heavy (non-hydrogen) atoms. The number of imidazole rings is 1. The molecule has 0 saturated carbocycles. The molecule has 2 aromatic heterocycles. The van der Waals surface area contributed by atoms with Crippen molar-refractivity contribution in [3.63, 3.8) is 0 Å². The molecule has 0 aliphatic carbocycles. The molecule has 1 aromatic carbocycles. The highest BCUT2D eigenvalue weighted by molar-refractivity contribution is 5.91. The topological polar surface area (TPSA) is 71.3 Å². The summed E-state index contributed by atoms with van der Waals surface area (Å²) in [5.41, 5.74) is 2.57. The molecule has 1 amide bonds. The number of rotatable bonds is 5. The Balaban J connectivity index is 1.59. The number of fused-ring (bicyclic) bond motifs is 1. The molecule has 124 valence electrons. The van der Waals surface area contributed by atoms with E-state index in [0.717, 1.165) is 22.7 Å². The lowest BCUT2D eigenvalue weighted by Gasteiger charge is -2.09. The van der Waals surface area contributed by atoms with E-state index in [0.29, 0.717) is 6.54 Å². The van der Waals surface area contributed by atoms with Gasteiger partial charge in [0, 0.05) is 25.4 Å². The van der Waals surface area contributed by atoms with E-state index in [1.807, 2.05) is 11.3 Å². The number of benzene rings is 1. The van der Waals surface area contributed by atoms with E-state index in [9.17, 15) is 9.18 Å². The Morgan fingerprint density at radius 1 is 1.33 bits per heavy atom. The van der Waals surface area contributed by atoms with E-state index in [1.54, 1.807) is 37.6 Å². The minimum Gasteiger partial charge on any atom is -0.369 e. The van der Waals surface area contributed by atoms with Crippen LogP contribution in [0.5, 0.6) is 0 Å². The average Bonchev–Trinajstić information content (AvgIpc) is 2.86. The van der Waals surface area contributed by atoms with Gasteiger partial charge >= 0.3 is 0 Å². The van der Waals surface area contributed by atoms with Crippen molar-refractivity contribution in [2.75, 3.05) is 17.2 Å². The summed E-state index contributed by atoms with van der Waals surface area (Å²) < 4.78 is 15.6. The fourth-order valence-corrected chi connectivity index (χ4v) is 2.47. The number of aromatic nitrogens is 3. The molecule has 0 bridgehead atoms. The van der Waals surface area contributed by atoms with Crippen LogP contribution in [-0.2, 0) is 4.79 Å². The maximum atomic E-state index is 13.7. The Hall–Kier alpha value is -2.96. The predicted molar refractivity (Wildman–Crippen MR) is 90.6 cm³/mol. The fourth-order valence-electron chi connectivity index (χ4n) is 2.47. The maximum Gasteiger partial charge on any atom is 0.226 e. The molecule has 2 N–H and O–H groups in total. The Kier molecular flexibility index (Phi) is 4.41. The summed E-state index contributed by atoms with van der Waals surface area (Å²) in [6.07, 6.45) is 5.36. The molecule has 7 heteroatoms. The van der Waals surface area contributed by atoms with Gasteiger partial charge in [0.05, 0.1) is 17.6 Å². The monoisotopic (exact) mass is 327 g/mol. The maximum absolute atomic E-state index is 13.7. The van der Waals surface area contributed by atoms with E-state index >= 15 is 0 Å². The number of carbonyl (C=O) groups excluding carboxylic acids is 1. The molecule has 0 unspecified atom stereocenters. The Bertz CT molecular complexity index is 890. The van der Waals surface area contributed by atoms with Gasteiger partial charge in [0.2, 0.25) is 5.91 Å². The van der Waals surface area contributed by atoms with Crippen molar-refractivity contribution in [2.45, 2.75) is 20.3 Å². The quantitative estimate of drug-likeness (QED) is 0.756. The summed E-state index contributed by atoms with van der Waals surface area (Å²) in [6.45, 7) is 4.10. The third-order valence-electron chi connectivity index (χ3n) is 3.65. The van der Waals surface area contributed by atoms with Gasteiger partial charge in [-0.1, -0.05) is 6.07 Å². The van der Waals surface area contributed by atoms with E-state index in [4.69, 9.17) is 0 Å². The smallest absolute Gasteiger partial charge is 0.226 e. The van der Waals surface area contributed by atoms with E-state index in [-0.39, 0.29) is 18.0 Å². The van der Waals surface area contributed by atoms with Crippen molar-refractivity contribution in [3.8, 4) is 0 Å². The minimum atomic E-state index is -0.429. The Morgan fingerprint density at radius 3 is 2.96 bits per heavy atom. The van der Waals surface area contributed by atoms with Gasteiger partial charge in [-0.2, -0.15) is 0 Å². The summed E-state index contributed by atoms with van der Waals surface area (Å²) in [6, 6.07) is 4.72. The van der Waals surface area contributed by atoms with Crippen LogP contribution in [0.1, 0.15) is 17.7 Å². The van der Waals surface area contributed by atoms with E-state index in [2.05, 4.69) is 20.6 Å². The third kappa shape index (κ3) is 3.34. The molecule has 2 heterocycles. The molecule has 0 aliphatic heterocycles. The van der Waals surface area contributed by atoms with Gasteiger partial charge in [-0.3, -0.25) is 14.2 Å². The summed E-state index contributed by atoms with van der Waals surface area (Å²) in [7, 11) is 0. The number of nitrogens with one attached hydrogen (secondary N) is 2. The van der Waals surface area contributed by atoms with Crippen LogP contribution in [-0.4, -0.2) is 26.8 Å². The summed E-state index contributed by atoms with van der Waals surface area (Å²) in [5, 5.41) is 5.78. The zero-order valence-electron chi connectivity index (χ0n) is 13.5. The van der Waals surface area contributed by atoms with E-state index < -0.39 is 5.82 Å². The molecule has 0 saturated heterocycles. The molecule has 0 fully saturated rings. The normalized spacial score (nSPS) is 10.8. The van der Waals surface area contributed by atoms with Crippen LogP contribution < -0.4 is 10.6 Å². The molecular weight excluding hydrogens is 309 g/mol. The number of nitrogens with zero attached hydrogens (tertiary/aromatic N) is 3. The van der Waals surface area contributed by atoms with Gasteiger partial charge in [-0.05, 0) is 31.5 Å². The summed E-state index contributed by atoms with van der Waals surface area (Å²) >= 11 is 0. The van der Waals surface area contributed by atoms with Crippen LogP contribution in [0.4, 0.5) is 15.9 Å². The molecular formula is C17H18FN5O. The number of anilines is 2.